The summed E-state index contributed by atoms with van der Waals surface area (Å²) < 4.78 is 5.13. The summed E-state index contributed by atoms with van der Waals surface area (Å²) in [6.07, 6.45) is 0. The van der Waals surface area contributed by atoms with E-state index in [9.17, 15) is 4.79 Å². The van der Waals surface area contributed by atoms with Crippen molar-refractivity contribution in [2.45, 2.75) is 13.5 Å². The number of anilines is 1. The topological polar surface area (TPSA) is 74.7 Å². The van der Waals surface area contributed by atoms with Crippen LogP contribution in [0.2, 0.25) is 0 Å². The zero-order valence-electron chi connectivity index (χ0n) is 12.1. The van der Waals surface area contributed by atoms with Gasteiger partial charge in [-0.15, -0.1) is 0 Å². The maximum atomic E-state index is 11.1. The molecule has 0 spiro atoms. The predicted molar refractivity (Wildman–Crippen MR) is 82.0 cm³/mol. The monoisotopic (exact) mass is 307 g/mol. The first kappa shape index (κ1) is 15.3. The van der Waals surface area contributed by atoms with Gasteiger partial charge in [0.25, 0.3) is 0 Å². The molecule has 6 nitrogen and oxygen atoms in total. The molecule has 0 atom stereocenters. The second-order valence-corrected chi connectivity index (χ2v) is 5.35. The number of nitrogens with one attached hydrogen (secondary N) is 1. The number of hydrogen-bond acceptors (Lipinski definition) is 6. The van der Waals surface area contributed by atoms with Gasteiger partial charge in [0.1, 0.15) is 10.6 Å². The Labute approximate surface area is 127 Å². The second-order valence-electron chi connectivity index (χ2n) is 4.37. The third-order valence-electron chi connectivity index (χ3n) is 2.98. The predicted octanol–water partition coefficient (Wildman–Crippen LogP) is 2.30. The maximum absolute atomic E-state index is 11.1. The average Bonchev–Trinajstić information content (AvgIpc) is 2.87. The number of ether oxygens (including phenoxy) is 1. The van der Waals surface area contributed by atoms with E-state index in [1.54, 1.807) is 21.1 Å². The first-order valence-corrected chi connectivity index (χ1v) is 7.15. The minimum atomic E-state index is -0.947. The third kappa shape index (κ3) is 3.50. The first-order chi connectivity index (χ1) is 10.0. The van der Waals surface area contributed by atoms with E-state index in [-0.39, 0.29) is 4.88 Å². The van der Waals surface area contributed by atoms with Crippen LogP contribution >= 0.6 is 11.3 Å². The number of hydrazine groups is 1. The van der Waals surface area contributed by atoms with Crippen molar-refractivity contribution in [2.24, 2.45) is 0 Å². The molecule has 0 bridgehead atoms. The van der Waals surface area contributed by atoms with Crippen LogP contribution in [0.25, 0.3) is 0 Å². The number of aromatic nitrogens is 1. The van der Waals surface area contributed by atoms with E-state index < -0.39 is 5.97 Å². The molecule has 0 aliphatic heterocycles. The Morgan fingerprint density at radius 1 is 1.43 bits per heavy atom. The first-order valence-electron chi connectivity index (χ1n) is 6.33. The fraction of sp³-hybridized carbons (Fsp3) is 0.286. The van der Waals surface area contributed by atoms with Crippen LogP contribution in [0.15, 0.2) is 24.3 Å². The molecule has 21 heavy (non-hydrogen) atoms. The average molecular weight is 307 g/mol. The Morgan fingerprint density at radius 3 is 2.57 bits per heavy atom. The van der Waals surface area contributed by atoms with Gasteiger partial charge in [0.05, 0.1) is 19.3 Å². The second kappa shape index (κ2) is 6.55. The maximum Gasteiger partial charge on any atom is 0.347 e. The van der Waals surface area contributed by atoms with Gasteiger partial charge in [0.15, 0.2) is 0 Å². The van der Waals surface area contributed by atoms with Gasteiger partial charge in [0, 0.05) is 7.05 Å². The SMILES string of the molecule is CNN(Cc1ccc(OC)cc1)c1nc(C)c(C(=O)O)s1. The zero-order chi connectivity index (χ0) is 15.4. The Kier molecular flexibility index (Phi) is 4.77. The van der Waals surface area contributed by atoms with Crippen molar-refractivity contribution >= 4 is 22.4 Å². The number of carbonyl (C=O) groups is 1. The highest BCUT2D eigenvalue weighted by Gasteiger charge is 2.17. The van der Waals surface area contributed by atoms with Crippen LogP contribution in [-0.4, -0.2) is 30.2 Å². The summed E-state index contributed by atoms with van der Waals surface area (Å²) in [5.74, 6) is -0.148. The van der Waals surface area contributed by atoms with Gasteiger partial charge in [-0.05, 0) is 24.6 Å². The molecule has 2 rings (SSSR count). The quantitative estimate of drug-likeness (QED) is 0.798. The lowest BCUT2D eigenvalue weighted by Crippen LogP contribution is -2.34. The fourth-order valence-corrected chi connectivity index (χ4v) is 2.76. The number of methoxy groups -OCH3 is 1. The molecule has 2 aromatic rings. The van der Waals surface area contributed by atoms with Crippen LogP contribution in [0.4, 0.5) is 5.13 Å². The van der Waals surface area contributed by atoms with E-state index in [0.29, 0.717) is 17.4 Å². The minimum absolute atomic E-state index is 0.264. The molecule has 0 aliphatic rings. The van der Waals surface area contributed by atoms with Crippen LogP contribution < -0.4 is 15.2 Å². The molecule has 0 fully saturated rings. The number of carboxylic acids is 1. The Bertz CT molecular complexity index is 625. The number of nitrogens with zero attached hydrogens (tertiary/aromatic N) is 2. The fourth-order valence-electron chi connectivity index (χ4n) is 1.85. The molecule has 1 aromatic carbocycles. The molecular weight excluding hydrogens is 290 g/mol. The molecular formula is C14H17N3O3S. The molecule has 2 N–H and O–H groups in total. The number of thiazole rings is 1. The van der Waals surface area contributed by atoms with Gasteiger partial charge in [-0.2, -0.15) is 0 Å². The third-order valence-corrected chi connectivity index (χ3v) is 4.15. The van der Waals surface area contributed by atoms with Crippen molar-refractivity contribution in [3.8, 4) is 5.75 Å². The lowest BCUT2D eigenvalue weighted by molar-refractivity contribution is 0.0701. The standard InChI is InChI=1S/C14H17N3O3S/c1-9-12(13(18)19)21-14(16-9)17(15-2)8-10-4-6-11(20-3)7-5-10/h4-7,15H,8H2,1-3H3,(H,18,19). The van der Waals surface area contributed by atoms with E-state index in [1.165, 1.54) is 0 Å². The molecule has 0 amide bonds. The van der Waals surface area contributed by atoms with Crippen molar-refractivity contribution in [1.82, 2.24) is 10.4 Å². The number of aromatic carboxylic acids is 1. The Hall–Kier alpha value is -2.12. The summed E-state index contributed by atoms with van der Waals surface area (Å²) in [7, 11) is 3.40. The number of aryl methyl sites for hydroxylation is 1. The van der Waals surface area contributed by atoms with Crippen LogP contribution in [0.3, 0.4) is 0 Å². The number of rotatable bonds is 6. The summed E-state index contributed by atoms with van der Waals surface area (Å²) in [5.41, 5.74) is 4.62. The largest absolute Gasteiger partial charge is 0.497 e. The molecule has 7 heteroatoms. The van der Waals surface area contributed by atoms with Crippen molar-refractivity contribution in [1.29, 1.82) is 0 Å². The highest BCUT2D eigenvalue weighted by atomic mass is 32.1. The molecule has 0 aliphatic carbocycles. The number of benzene rings is 1. The molecule has 0 radical (unpaired) electrons. The zero-order valence-corrected chi connectivity index (χ0v) is 12.9. The van der Waals surface area contributed by atoms with Gasteiger partial charge < -0.3 is 9.84 Å². The van der Waals surface area contributed by atoms with E-state index >= 15 is 0 Å². The molecule has 0 saturated carbocycles. The summed E-state index contributed by atoms with van der Waals surface area (Å²) in [6.45, 7) is 2.27. The van der Waals surface area contributed by atoms with E-state index in [0.717, 1.165) is 22.6 Å². The van der Waals surface area contributed by atoms with Crippen molar-refractivity contribution in [3.05, 3.63) is 40.4 Å². The highest BCUT2D eigenvalue weighted by molar-refractivity contribution is 7.17. The van der Waals surface area contributed by atoms with Crippen molar-refractivity contribution in [3.63, 3.8) is 0 Å². The normalized spacial score (nSPS) is 10.4. The van der Waals surface area contributed by atoms with Crippen molar-refractivity contribution in [2.75, 3.05) is 19.2 Å². The summed E-state index contributed by atoms with van der Waals surface area (Å²) >= 11 is 1.16. The van der Waals surface area contributed by atoms with E-state index in [2.05, 4.69) is 10.4 Å². The summed E-state index contributed by atoms with van der Waals surface area (Å²) in [4.78, 5) is 15.7. The summed E-state index contributed by atoms with van der Waals surface area (Å²) in [5, 5.41) is 11.5. The van der Waals surface area contributed by atoms with Crippen LogP contribution in [0.1, 0.15) is 20.9 Å². The van der Waals surface area contributed by atoms with Crippen LogP contribution in [0.5, 0.6) is 5.75 Å². The Morgan fingerprint density at radius 2 is 2.10 bits per heavy atom. The summed E-state index contributed by atoms with van der Waals surface area (Å²) in [6, 6.07) is 7.70. The smallest absolute Gasteiger partial charge is 0.347 e. The van der Waals surface area contributed by atoms with Gasteiger partial charge in [0.2, 0.25) is 5.13 Å². The Balaban J connectivity index is 2.19. The molecule has 1 heterocycles. The van der Waals surface area contributed by atoms with Gasteiger partial charge in [-0.3, -0.25) is 5.01 Å². The molecule has 112 valence electrons. The van der Waals surface area contributed by atoms with E-state index in [4.69, 9.17) is 9.84 Å². The molecule has 0 unspecified atom stereocenters. The molecule has 0 saturated heterocycles. The highest BCUT2D eigenvalue weighted by Crippen LogP contribution is 2.26. The van der Waals surface area contributed by atoms with Crippen molar-refractivity contribution < 1.29 is 14.6 Å². The van der Waals surface area contributed by atoms with Gasteiger partial charge in [-0.25, -0.2) is 15.2 Å². The van der Waals surface area contributed by atoms with Crippen LogP contribution in [-0.2, 0) is 6.54 Å². The van der Waals surface area contributed by atoms with E-state index in [1.807, 2.05) is 29.3 Å². The minimum Gasteiger partial charge on any atom is -0.497 e. The van der Waals surface area contributed by atoms with Gasteiger partial charge >= 0.3 is 5.97 Å². The number of carboxylic acid groups (broad SMARTS) is 1. The van der Waals surface area contributed by atoms with Crippen LogP contribution in [0, 0.1) is 6.92 Å². The lowest BCUT2D eigenvalue weighted by atomic mass is 10.2. The lowest BCUT2D eigenvalue weighted by Gasteiger charge is -2.20. The number of hydrogen-bond donors (Lipinski definition) is 2. The van der Waals surface area contributed by atoms with Gasteiger partial charge in [-0.1, -0.05) is 23.5 Å². The molecule has 1 aromatic heterocycles.